The van der Waals surface area contributed by atoms with Gasteiger partial charge in [0.05, 0.1) is 18.0 Å². The van der Waals surface area contributed by atoms with Crippen molar-refractivity contribution < 1.29 is 4.74 Å². The van der Waals surface area contributed by atoms with Gasteiger partial charge >= 0.3 is 0 Å². The number of ether oxygens (including phenoxy) is 1. The van der Waals surface area contributed by atoms with Gasteiger partial charge in [0.1, 0.15) is 5.82 Å². The lowest BCUT2D eigenvalue weighted by atomic mass is 10.2. The topological polar surface area (TPSA) is 51.4 Å². The van der Waals surface area contributed by atoms with Crippen LogP contribution in [-0.4, -0.2) is 31.3 Å². The number of rotatable bonds is 2. The third kappa shape index (κ3) is 2.04. The lowest BCUT2D eigenvalue weighted by molar-refractivity contribution is 0.121. The number of pyridine rings is 1. The zero-order valence-corrected chi connectivity index (χ0v) is 9.23. The molecule has 0 spiro atoms. The van der Waals surface area contributed by atoms with E-state index in [1.165, 1.54) is 0 Å². The fraction of sp³-hybridized carbons (Fsp3) is 0.545. The molecule has 4 nitrogen and oxygen atoms in total. The zero-order chi connectivity index (χ0) is 10.8. The second-order valence-electron chi connectivity index (χ2n) is 3.99. The Bertz CT molecular complexity index is 354. The molecule has 1 saturated heterocycles. The molecule has 4 heteroatoms. The molecule has 1 unspecified atom stereocenters. The van der Waals surface area contributed by atoms with Crippen molar-refractivity contribution in [3.63, 3.8) is 0 Å². The van der Waals surface area contributed by atoms with Crippen molar-refractivity contribution in [1.29, 1.82) is 0 Å². The monoisotopic (exact) mass is 207 g/mol. The van der Waals surface area contributed by atoms with Crippen LogP contribution in [0.3, 0.4) is 0 Å². The maximum Gasteiger partial charge on any atom is 0.128 e. The highest BCUT2D eigenvalue weighted by molar-refractivity contribution is 5.52. The van der Waals surface area contributed by atoms with Crippen molar-refractivity contribution in [1.82, 2.24) is 4.98 Å². The average Bonchev–Trinajstić information content (AvgIpc) is 2.70. The molecule has 1 aliphatic heterocycles. The summed E-state index contributed by atoms with van der Waals surface area (Å²) in [7, 11) is 1.76. The Labute approximate surface area is 90.0 Å². The average molecular weight is 207 g/mol. The van der Waals surface area contributed by atoms with Crippen LogP contribution >= 0.6 is 0 Å². The SMILES string of the molecule is COC1CCN(c2cc(C)c(N)cn2)C1. The highest BCUT2D eigenvalue weighted by atomic mass is 16.5. The molecule has 2 heterocycles. The molecule has 0 bridgehead atoms. The molecular formula is C11H17N3O. The van der Waals surface area contributed by atoms with E-state index in [2.05, 4.69) is 9.88 Å². The number of hydrogen-bond donors (Lipinski definition) is 1. The molecular weight excluding hydrogens is 190 g/mol. The second kappa shape index (κ2) is 4.06. The number of nitrogen functional groups attached to an aromatic ring is 1. The fourth-order valence-electron chi connectivity index (χ4n) is 1.85. The summed E-state index contributed by atoms with van der Waals surface area (Å²) in [6.07, 6.45) is 3.14. The molecule has 0 aliphatic carbocycles. The van der Waals surface area contributed by atoms with Crippen LogP contribution in [0, 0.1) is 6.92 Å². The van der Waals surface area contributed by atoms with Gasteiger partial charge in [0.2, 0.25) is 0 Å². The number of nitrogens with two attached hydrogens (primary N) is 1. The molecule has 1 aromatic rings. The minimum Gasteiger partial charge on any atom is -0.397 e. The molecule has 0 saturated carbocycles. The van der Waals surface area contributed by atoms with Gasteiger partial charge in [-0.1, -0.05) is 0 Å². The Morgan fingerprint density at radius 3 is 3.00 bits per heavy atom. The van der Waals surface area contributed by atoms with E-state index >= 15 is 0 Å². The summed E-state index contributed by atoms with van der Waals surface area (Å²) in [6.45, 7) is 3.94. The van der Waals surface area contributed by atoms with Gasteiger partial charge < -0.3 is 15.4 Å². The van der Waals surface area contributed by atoms with Crippen molar-refractivity contribution in [2.45, 2.75) is 19.4 Å². The first-order valence-electron chi connectivity index (χ1n) is 5.20. The third-order valence-electron chi connectivity index (χ3n) is 2.94. The second-order valence-corrected chi connectivity index (χ2v) is 3.99. The Morgan fingerprint density at radius 1 is 1.60 bits per heavy atom. The number of aryl methyl sites for hydroxylation is 1. The van der Waals surface area contributed by atoms with Crippen molar-refractivity contribution in [2.75, 3.05) is 30.8 Å². The predicted octanol–water partition coefficient (Wildman–Crippen LogP) is 1.20. The van der Waals surface area contributed by atoms with Crippen LogP contribution in [0.5, 0.6) is 0 Å². The predicted molar refractivity (Wildman–Crippen MR) is 61.0 cm³/mol. The first-order chi connectivity index (χ1) is 7.20. The van der Waals surface area contributed by atoms with E-state index in [0.717, 1.165) is 36.6 Å². The standard InChI is InChI=1S/C11H17N3O/c1-8-5-11(13-6-10(8)12)14-4-3-9(7-14)15-2/h5-6,9H,3-4,7,12H2,1-2H3. The molecule has 0 amide bonds. The molecule has 2 rings (SSSR count). The van der Waals surface area contributed by atoms with Crippen LogP contribution < -0.4 is 10.6 Å². The Balaban J connectivity index is 2.13. The minimum absolute atomic E-state index is 0.338. The van der Waals surface area contributed by atoms with E-state index in [9.17, 15) is 0 Å². The van der Waals surface area contributed by atoms with E-state index in [1.807, 2.05) is 13.0 Å². The summed E-state index contributed by atoms with van der Waals surface area (Å²) in [4.78, 5) is 6.57. The van der Waals surface area contributed by atoms with E-state index in [1.54, 1.807) is 13.3 Å². The van der Waals surface area contributed by atoms with E-state index < -0.39 is 0 Å². The molecule has 15 heavy (non-hydrogen) atoms. The maximum absolute atomic E-state index is 5.74. The van der Waals surface area contributed by atoms with Gasteiger partial charge in [-0.3, -0.25) is 0 Å². The summed E-state index contributed by atoms with van der Waals surface area (Å²) in [6, 6.07) is 2.04. The molecule has 1 fully saturated rings. The van der Waals surface area contributed by atoms with Gasteiger partial charge in [-0.25, -0.2) is 4.98 Å². The van der Waals surface area contributed by atoms with E-state index in [0.29, 0.717) is 6.10 Å². The minimum atomic E-state index is 0.338. The molecule has 0 aromatic carbocycles. The summed E-state index contributed by atoms with van der Waals surface area (Å²) < 4.78 is 5.32. The van der Waals surface area contributed by atoms with Crippen molar-refractivity contribution in [2.24, 2.45) is 0 Å². The number of methoxy groups -OCH3 is 1. The van der Waals surface area contributed by atoms with E-state index in [-0.39, 0.29) is 0 Å². The highest BCUT2D eigenvalue weighted by Crippen LogP contribution is 2.22. The zero-order valence-electron chi connectivity index (χ0n) is 9.23. The number of anilines is 2. The summed E-state index contributed by atoms with van der Waals surface area (Å²) in [5.74, 6) is 1.00. The lowest BCUT2D eigenvalue weighted by Crippen LogP contribution is -2.23. The lowest BCUT2D eigenvalue weighted by Gasteiger charge is -2.17. The third-order valence-corrected chi connectivity index (χ3v) is 2.94. The summed E-state index contributed by atoms with van der Waals surface area (Å²) in [5.41, 5.74) is 7.57. The number of aromatic nitrogens is 1. The Morgan fingerprint density at radius 2 is 2.40 bits per heavy atom. The number of nitrogens with zero attached hydrogens (tertiary/aromatic N) is 2. The number of hydrogen-bond acceptors (Lipinski definition) is 4. The quantitative estimate of drug-likeness (QED) is 0.791. The molecule has 0 radical (unpaired) electrons. The summed E-state index contributed by atoms with van der Waals surface area (Å²) in [5, 5.41) is 0. The van der Waals surface area contributed by atoms with Gasteiger partial charge in [0.25, 0.3) is 0 Å². The van der Waals surface area contributed by atoms with Gasteiger partial charge in [-0.15, -0.1) is 0 Å². The van der Waals surface area contributed by atoms with Crippen LogP contribution in [0.15, 0.2) is 12.3 Å². The summed E-state index contributed by atoms with van der Waals surface area (Å²) >= 11 is 0. The Kier molecular flexibility index (Phi) is 2.77. The van der Waals surface area contributed by atoms with Gasteiger partial charge in [0, 0.05) is 20.2 Å². The van der Waals surface area contributed by atoms with Crippen LogP contribution in [0.25, 0.3) is 0 Å². The van der Waals surface area contributed by atoms with Crippen LogP contribution in [-0.2, 0) is 4.74 Å². The molecule has 2 N–H and O–H groups in total. The van der Waals surface area contributed by atoms with Crippen LogP contribution in [0.4, 0.5) is 11.5 Å². The van der Waals surface area contributed by atoms with Crippen LogP contribution in [0.2, 0.25) is 0 Å². The first-order valence-corrected chi connectivity index (χ1v) is 5.20. The maximum atomic E-state index is 5.74. The van der Waals surface area contributed by atoms with Crippen molar-refractivity contribution in [3.8, 4) is 0 Å². The molecule has 1 atom stereocenters. The molecule has 1 aromatic heterocycles. The van der Waals surface area contributed by atoms with Crippen molar-refractivity contribution in [3.05, 3.63) is 17.8 Å². The Hall–Kier alpha value is -1.29. The van der Waals surface area contributed by atoms with Gasteiger partial charge in [-0.05, 0) is 25.0 Å². The highest BCUT2D eigenvalue weighted by Gasteiger charge is 2.23. The normalized spacial score (nSPS) is 20.9. The van der Waals surface area contributed by atoms with Gasteiger partial charge in [0.15, 0.2) is 0 Å². The first kappa shape index (κ1) is 10.2. The van der Waals surface area contributed by atoms with E-state index in [4.69, 9.17) is 10.5 Å². The fourth-order valence-corrected chi connectivity index (χ4v) is 1.85. The largest absolute Gasteiger partial charge is 0.397 e. The smallest absolute Gasteiger partial charge is 0.128 e. The molecule has 1 aliphatic rings. The van der Waals surface area contributed by atoms with Crippen molar-refractivity contribution >= 4 is 11.5 Å². The van der Waals surface area contributed by atoms with Gasteiger partial charge in [-0.2, -0.15) is 0 Å². The van der Waals surface area contributed by atoms with Crippen LogP contribution in [0.1, 0.15) is 12.0 Å². The molecule has 82 valence electrons.